The summed E-state index contributed by atoms with van der Waals surface area (Å²) in [5, 5.41) is 9.03. The molecule has 0 saturated carbocycles. The highest BCUT2D eigenvalue weighted by atomic mass is 35.5. The van der Waals surface area contributed by atoms with Gasteiger partial charge < -0.3 is 5.11 Å². The fourth-order valence-corrected chi connectivity index (χ4v) is 2.31. The second-order valence-corrected chi connectivity index (χ2v) is 5.00. The molecule has 0 aliphatic rings. The van der Waals surface area contributed by atoms with Crippen molar-refractivity contribution in [3.05, 3.63) is 84.4 Å². The number of hydrogen-bond acceptors (Lipinski definition) is 2. The molecule has 2 heterocycles. The number of pyridine rings is 2. The highest BCUT2D eigenvalue weighted by Gasteiger charge is 2.07. The summed E-state index contributed by atoms with van der Waals surface area (Å²) in [6, 6.07) is 15.0. The van der Waals surface area contributed by atoms with Gasteiger partial charge in [0, 0.05) is 30.1 Å². The van der Waals surface area contributed by atoms with Gasteiger partial charge in [0.15, 0.2) is 18.9 Å². The molecule has 3 aromatic rings. The Hall–Kier alpha value is -2.72. The molecule has 0 fully saturated rings. The Balaban J connectivity index is 0.00000192. The average Bonchev–Trinajstić information content (AvgIpc) is 2.56. The van der Waals surface area contributed by atoms with Crippen molar-refractivity contribution in [3.8, 4) is 11.1 Å². The molecule has 0 spiro atoms. The van der Waals surface area contributed by atoms with Crippen molar-refractivity contribution in [2.45, 2.75) is 6.54 Å². The van der Waals surface area contributed by atoms with Crippen molar-refractivity contribution in [3.63, 3.8) is 0 Å². The molecule has 2 aromatic heterocycles. The van der Waals surface area contributed by atoms with Crippen LogP contribution >= 0.6 is 12.4 Å². The van der Waals surface area contributed by atoms with Gasteiger partial charge in [0.25, 0.3) is 0 Å². The van der Waals surface area contributed by atoms with Crippen LogP contribution in [-0.4, -0.2) is 16.1 Å². The average molecular weight is 328 g/mol. The van der Waals surface area contributed by atoms with Crippen LogP contribution in [0.5, 0.6) is 0 Å². The molecule has 0 aliphatic heterocycles. The first-order valence-electron chi connectivity index (χ1n) is 6.94. The van der Waals surface area contributed by atoms with Crippen LogP contribution in [-0.2, 0) is 6.54 Å². The lowest BCUT2D eigenvalue weighted by Gasteiger charge is -2.02. The second kappa shape index (κ2) is 7.51. The number of rotatable bonds is 4. The zero-order chi connectivity index (χ0) is 15.4. The molecule has 5 heteroatoms. The monoisotopic (exact) mass is 327 g/mol. The first-order valence-corrected chi connectivity index (χ1v) is 6.94. The third-order valence-electron chi connectivity index (χ3n) is 3.44. The van der Waals surface area contributed by atoms with Crippen molar-refractivity contribution < 1.29 is 14.5 Å². The zero-order valence-corrected chi connectivity index (χ0v) is 13.1. The molecule has 116 valence electrons. The van der Waals surface area contributed by atoms with Gasteiger partial charge in [0.2, 0.25) is 0 Å². The molecule has 0 bridgehead atoms. The van der Waals surface area contributed by atoms with E-state index >= 15 is 0 Å². The van der Waals surface area contributed by atoms with Crippen molar-refractivity contribution >= 4 is 18.4 Å². The summed E-state index contributed by atoms with van der Waals surface area (Å²) < 4.78 is 2.02. The smallest absolute Gasteiger partial charge is 0.335 e. The van der Waals surface area contributed by atoms with Crippen LogP contribution in [0, 0.1) is 0 Å². The fourth-order valence-electron chi connectivity index (χ4n) is 2.31. The van der Waals surface area contributed by atoms with Crippen molar-refractivity contribution in [2.24, 2.45) is 0 Å². The SMILES string of the molecule is Cl.O=C(O)c1cccc(C[n+]2ccc(-c3ccncc3)cc2)c1. The number of aromatic carboxylic acids is 1. The molecule has 1 N–H and O–H groups in total. The summed E-state index contributed by atoms with van der Waals surface area (Å²) in [5.41, 5.74) is 3.51. The number of carboxylic acid groups (broad SMARTS) is 1. The molecule has 3 rings (SSSR count). The number of aromatic nitrogens is 2. The number of carbonyl (C=O) groups is 1. The fraction of sp³-hybridized carbons (Fsp3) is 0.0556. The van der Waals surface area contributed by atoms with E-state index in [1.165, 1.54) is 0 Å². The van der Waals surface area contributed by atoms with Crippen LogP contribution < -0.4 is 4.57 Å². The first-order chi connectivity index (χ1) is 10.7. The number of carboxylic acids is 1. The van der Waals surface area contributed by atoms with Gasteiger partial charge in [-0.2, -0.15) is 0 Å². The second-order valence-electron chi connectivity index (χ2n) is 5.00. The van der Waals surface area contributed by atoms with Crippen LogP contribution in [0.25, 0.3) is 11.1 Å². The summed E-state index contributed by atoms with van der Waals surface area (Å²) in [6.45, 7) is 0.637. The molecule has 4 nitrogen and oxygen atoms in total. The molecular weight excluding hydrogens is 312 g/mol. The molecule has 0 unspecified atom stereocenters. The van der Waals surface area contributed by atoms with Gasteiger partial charge in [-0.05, 0) is 35.4 Å². The van der Waals surface area contributed by atoms with E-state index in [9.17, 15) is 4.79 Å². The summed E-state index contributed by atoms with van der Waals surface area (Å²) in [5.74, 6) is -0.903. The summed E-state index contributed by atoms with van der Waals surface area (Å²) in [7, 11) is 0. The lowest BCUT2D eigenvalue weighted by molar-refractivity contribution is -0.688. The third-order valence-corrected chi connectivity index (χ3v) is 3.44. The molecule has 0 amide bonds. The standard InChI is InChI=1S/C18H14N2O2.ClH/c21-18(22)17-3-1-2-14(12-17)13-20-10-6-16(7-11-20)15-4-8-19-9-5-15;/h1-12H,13H2;1H/p+1. The topological polar surface area (TPSA) is 54.1 Å². The minimum atomic E-state index is -0.903. The summed E-state index contributed by atoms with van der Waals surface area (Å²) in [6.07, 6.45) is 7.52. The number of hydrogen-bond donors (Lipinski definition) is 1. The molecule has 0 atom stereocenters. The van der Waals surface area contributed by atoms with Crippen molar-refractivity contribution in [1.82, 2.24) is 4.98 Å². The van der Waals surface area contributed by atoms with E-state index in [0.717, 1.165) is 16.7 Å². The lowest BCUT2D eigenvalue weighted by atomic mass is 10.1. The van der Waals surface area contributed by atoms with Crippen LogP contribution in [0.15, 0.2) is 73.3 Å². The lowest BCUT2D eigenvalue weighted by Crippen LogP contribution is -2.33. The quantitative estimate of drug-likeness (QED) is 0.749. The van der Waals surface area contributed by atoms with Gasteiger partial charge in [-0.1, -0.05) is 12.1 Å². The Morgan fingerprint density at radius 1 is 1.00 bits per heavy atom. The highest BCUT2D eigenvalue weighted by Crippen LogP contribution is 2.15. The molecule has 0 radical (unpaired) electrons. The maximum absolute atomic E-state index is 11.0. The van der Waals surface area contributed by atoms with Crippen LogP contribution in [0.4, 0.5) is 0 Å². The van der Waals surface area contributed by atoms with E-state index in [1.54, 1.807) is 30.6 Å². The Morgan fingerprint density at radius 2 is 1.65 bits per heavy atom. The van der Waals surface area contributed by atoms with Gasteiger partial charge in [0.05, 0.1) is 5.56 Å². The number of halogens is 1. The third kappa shape index (κ3) is 4.14. The minimum Gasteiger partial charge on any atom is -0.478 e. The van der Waals surface area contributed by atoms with Crippen molar-refractivity contribution in [1.29, 1.82) is 0 Å². The Kier molecular flexibility index (Phi) is 5.44. The van der Waals surface area contributed by atoms with Crippen LogP contribution in [0.2, 0.25) is 0 Å². The Labute approximate surface area is 140 Å². The van der Waals surface area contributed by atoms with Crippen molar-refractivity contribution in [2.75, 3.05) is 0 Å². The van der Waals surface area contributed by atoms with E-state index in [-0.39, 0.29) is 12.4 Å². The van der Waals surface area contributed by atoms with E-state index in [0.29, 0.717) is 12.1 Å². The highest BCUT2D eigenvalue weighted by molar-refractivity contribution is 5.87. The summed E-state index contributed by atoms with van der Waals surface area (Å²) >= 11 is 0. The van der Waals surface area contributed by atoms with E-state index < -0.39 is 5.97 Å². The normalized spacial score (nSPS) is 9.91. The molecule has 1 aromatic carbocycles. The minimum absolute atomic E-state index is 0. The zero-order valence-electron chi connectivity index (χ0n) is 12.3. The van der Waals surface area contributed by atoms with Gasteiger partial charge in [-0.15, -0.1) is 12.4 Å². The van der Waals surface area contributed by atoms with E-state index in [2.05, 4.69) is 4.98 Å². The van der Waals surface area contributed by atoms with Gasteiger partial charge in [-0.3, -0.25) is 4.98 Å². The maximum Gasteiger partial charge on any atom is 0.335 e. The maximum atomic E-state index is 11.0. The summed E-state index contributed by atoms with van der Waals surface area (Å²) in [4.78, 5) is 15.0. The van der Waals surface area contributed by atoms with Gasteiger partial charge in [0.1, 0.15) is 0 Å². The largest absolute Gasteiger partial charge is 0.478 e. The molecular formula is C18H16ClN2O2+. The van der Waals surface area contributed by atoms with Gasteiger partial charge >= 0.3 is 5.97 Å². The van der Waals surface area contributed by atoms with E-state index in [4.69, 9.17) is 5.11 Å². The Bertz CT molecular complexity index is 790. The molecule has 23 heavy (non-hydrogen) atoms. The molecule has 0 aliphatic carbocycles. The van der Waals surface area contributed by atoms with Gasteiger partial charge in [-0.25, -0.2) is 9.36 Å². The van der Waals surface area contributed by atoms with E-state index in [1.807, 2.05) is 47.3 Å². The predicted molar refractivity (Wildman–Crippen MR) is 89.6 cm³/mol. The molecule has 0 saturated heterocycles. The first kappa shape index (κ1) is 16.6. The van der Waals surface area contributed by atoms with Crippen LogP contribution in [0.3, 0.4) is 0 Å². The number of benzene rings is 1. The number of nitrogens with zero attached hydrogens (tertiary/aromatic N) is 2. The predicted octanol–water partition coefficient (Wildman–Crippen LogP) is 3.20. The van der Waals surface area contributed by atoms with Crippen LogP contribution in [0.1, 0.15) is 15.9 Å². The Morgan fingerprint density at radius 3 is 2.30 bits per heavy atom.